The van der Waals surface area contributed by atoms with Crippen molar-refractivity contribution in [2.24, 2.45) is 10.9 Å². The lowest BCUT2D eigenvalue weighted by Gasteiger charge is -2.29. The van der Waals surface area contributed by atoms with Gasteiger partial charge in [-0.25, -0.2) is 19.2 Å². The van der Waals surface area contributed by atoms with Gasteiger partial charge in [-0.2, -0.15) is 9.61 Å². The van der Waals surface area contributed by atoms with Crippen LogP contribution in [-0.4, -0.2) is 49.8 Å². The highest BCUT2D eigenvalue weighted by Crippen LogP contribution is 2.42. The number of aliphatic carboxylic acids is 1. The van der Waals surface area contributed by atoms with Crippen molar-refractivity contribution in [3.8, 4) is 11.1 Å². The van der Waals surface area contributed by atoms with E-state index in [0.29, 0.717) is 53.9 Å². The first-order chi connectivity index (χ1) is 16.9. The van der Waals surface area contributed by atoms with Gasteiger partial charge in [-0.05, 0) is 53.8 Å². The molecule has 3 aromatic rings. The Labute approximate surface area is 209 Å². The molecule has 1 unspecified atom stereocenters. The minimum atomic E-state index is -1.83. The second-order valence-corrected chi connectivity index (χ2v) is 9.57. The van der Waals surface area contributed by atoms with Crippen molar-refractivity contribution in [1.29, 1.82) is 0 Å². The van der Waals surface area contributed by atoms with Gasteiger partial charge in [0.15, 0.2) is 17.7 Å². The molecule has 0 bridgehead atoms. The molecular formula is C24H24BrFN6O3. The number of ether oxygens (including phenoxy) is 1. The Kier molecular flexibility index (Phi) is 6.26. The Hall–Kier alpha value is -3.34. The van der Waals surface area contributed by atoms with Gasteiger partial charge in [0.05, 0.1) is 34.9 Å². The third kappa shape index (κ3) is 4.29. The van der Waals surface area contributed by atoms with Crippen LogP contribution >= 0.6 is 15.9 Å². The molecule has 1 aliphatic heterocycles. The lowest BCUT2D eigenvalue weighted by molar-refractivity contribution is -0.145. The summed E-state index contributed by atoms with van der Waals surface area (Å²) < 4.78 is 21.4. The van der Waals surface area contributed by atoms with Gasteiger partial charge in [0, 0.05) is 35.6 Å². The molecular weight excluding hydrogens is 519 g/mol. The zero-order valence-electron chi connectivity index (χ0n) is 19.0. The van der Waals surface area contributed by atoms with Crippen LogP contribution in [0.15, 0.2) is 40.1 Å². The second-order valence-electron chi connectivity index (χ2n) is 8.78. The predicted molar refractivity (Wildman–Crippen MR) is 133 cm³/mol. The van der Waals surface area contributed by atoms with Gasteiger partial charge in [0.25, 0.3) is 0 Å². The second kappa shape index (κ2) is 9.37. The number of anilines is 1. The molecule has 0 radical (unpaired) electrons. The van der Waals surface area contributed by atoms with E-state index in [2.05, 4.69) is 31.0 Å². The number of carboxylic acids is 1. The first-order valence-corrected chi connectivity index (χ1v) is 12.1. The van der Waals surface area contributed by atoms with E-state index >= 15 is 0 Å². The summed E-state index contributed by atoms with van der Waals surface area (Å²) >= 11 is 3.57. The van der Waals surface area contributed by atoms with E-state index in [0.717, 1.165) is 28.2 Å². The number of hydrogen-bond donors (Lipinski definition) is 2. The van der Waals surface area contributed by atoms with Gasteiger partial charge in [-0.1, -0.05) is 6.07 Å². The van der Waals surface area contributed by atoms with Gasteiger partial charge < -0.3 is 15.6 Å². The fraction of sp³-hybridized carbons (Fsp3) is 0.375. The first kappa shape index (κ1) is 23.4. The summed E-state index contributed by atoms with van der Waals surface area (Å²) in [4.78, 5) is 24.9. The molecule has 182 valence electrons. The van der Waals surface area contributed by atoms with Gasteiger partial charge >= 0.3 is 5.97 Å². The average molecular weight is 543 g/mol. The van der Waals surface area contributed by atoms with Crippen LogP contribution in [0.1, 0.15) is 49.4 Å². The molecule has 2 aliphatic rings. The summed E-state index contributed by atoms with van der Waals surface area (Å²) in [6, 6.07) is 3.84. The Balaban J connectivity index is 1.44. The maximum absolute atomic E-state index is 14.0. The molecule has 0 aromatic carbocycles. The van der Waals surface area contributed by atoms with Crippen LogP contribution in [0.3, 0.4) is 0 Å². The van der Waals surface area contributed by atoms with Crippen LogP contribution < -0.4 is 5.73 Å². The SMILES string of the molecule is COC1=NC(c2ccc(-c3cnn4c(N)c(Br)c([C@H]5CC[C@@H](C(F)C(=O)O)CC5)nc34)cn2)=CC1. The van der Waals surface area contributed by atoms with Crippen molar-refractivity contribution < 1.29 is 19.0 Å². The maximum atomic E-state index is 14.0. The minimum Gasteiger partial charge on any atom is -0.484 e. The number of hydrogen-bond acceptors (Lipinski definition) is 7. The molecule has 4 heterocycles. The van der Waals surface area contributed by atoms with E-state index < -0.39 is 18.1 Å². The number of alkyl halides is 1. The van der Waals surface area contributed by atoms with Crippen molar-refractivity contribution in [1.82, 2.24) is 19.6 Å². The lowest BCUT2D eigenvalue weighted by Crippen LogP contribution is -2.28. The van der Waals surface area contributed by atoms with Gasteiger partial charge in [0.1, 0.15) is 5.82 Å². The molecule has 1 atom stereocenters. The zero-order chi connectivity index (χ0) is 24.7. The molecule has 9 nitrogen and oxygen atoms in total. The normalized spacial score (nSPS) is 21.0. The number of halogens is 2. The van der Waals surface area contributed by atoms with Crippen LogP contribution in [0.25, 0.3) is 22.5 Å². The van der Waals surface area contributed by atoms with Crippen molar-refractivity contribution in [2.45, 2.75) is 44.2 Å². The predicted octanol–water partition coefficient (Wildman–Crippen LogP) is 4.62. The molecule has 3 N–H and O–H groups in total. The highest BCUT2D eigenvalue weighted by atomic mass is 79.9. The van der Waals surface area contributed by atoms with Crippen LogP contribution in [0.4, 0.5) is 10.2 Å². The van der Waals surface area contributed by atoms with Crippen LogP contribution in [-0.2, 0) is 9.53 Å². The number of nitrogens with zero attached hydrogens (tertiary/aromatic N) is 5. The first-order valence-electron chi connectivity index (χ1n) is 11.3. The Morgan fingerprint density at radius 3 is 2.69 bits per heavy atom. The third-order valence-corrected chi connectivity index (χ3v) is 7.56. The summed E-state index contributed by atoms with van der Waals surface area (Å²) in [5, 5.41) is 13.4. The fourth-order valence-electron chi connectivity index (χ4n) is 4.78. The number of pyridine rings is 1. The summed E-state index contributed by atoms with van der Waals surface area (Å²) in [5.74, 6) is -0.742. The highest BCUT2D eigenvalue weighted by molar-refractivity contribution is 9.10. The maximum Gasteiger partial charge on any atom is 0.338 e. The van der Waals surface area contributed by atoms with E-state index in [9.17, 15) is 9.18 Å². The smallest absolute Gasteiger partial charge is 0.338 e. The number of nitrogens with two attached hydrogens (primary N) is 1. The summed E-state index contributed by atoms with van der Waals surface area (Å²) in [7, 11) is 1.60. The monoisotopic (exact) mass is 542 g/mol. The average Bonchev–Trinajstić information content (AvgIpc) is 3.53. The van der Waals surface area contributed by atoms with E-state index in [1.807, 2.05) is 18.2 Å². The number of nitrogen functional groups attached to an aromatic ring is 1. The fourth-order valence-corrected chi connectivity index (χ4v) is 5.36. The van der Waals surface area contributed by atoms with Gasteiger partial charge in [-0.15, -0.1) is 0 Å². The Morgan fingerprint density at radius 1 is 1.29 bits per heavy atom. The van der Waals surface area contributed by atoms with Crippen molar-refractivity contribution in [3.05, 3.63) is 46.5 Å². The number of carboxylic acid groups (broad SMARTS) is 1. The van der Waals surface area contributed by atoms with E-state index in [1.54, 1.807) is 24.0 Å². The van der Waals surface area contributed by atoms with Crippen molar-refractivity contribution in [2.75, 3.05) is 12.8 Å². The molecule has 1 saturated carbocycles. The third-order valence-electron chi connectivity index (χ3n) is 6.74. The molecule has 11 heteroatoms. The van der Waals surface area contributed by atoms with Crippen molar-refractivity contribution >= 4 is 45.0 Å². The number of methoxy groups -OCH3 is 1. The van der Waals surface area contributed by atoms with Gasteiger partial charge in [0.2, 0.25) is 0 Å². The quantitative estimate of drug-likeness (QED) is 0.481. The minimum absolute atomic E-state index is 0.0410. The summed E-state index contributed by atoms with van der Waals surface area (Å²) in [6.07, 6.45) is 6.49. The van der Waals surface area contributed by atoms with E-state index in [1.165, 1.54) is 0 Å². The molecule has 35 heavy (non-hydrogen) atoms. The number of aliphatic imine (C=N–C) groups is 1. The summed E-state index contributed by atoms with van der Waals surface area (Å²) in [6.45, 7) is 0. The molecule has 1 aliphatic carbocycles. The van der Waals surface area contributed by atoms with Crippen LogP contribution in [0.5, 0.6) is 0 Å². The Morgan fingerprint density at radius 2 is 2.06 bits per heavy atom. The van der Waals surface area contributed by atoms with Crippen LogP contribution in [0, 0.1) is 5.92 Å². The number of carbonyl (C=O) groups is 1. The molecule has 5 rings (SSSR count). The summed E-state index contributed by atoms with van der Waals surface area (Å²) in [5.41, 5.74) is 10.9. The number of aromatic nitrogens is 4. The van der Waals surface area contributed by atoms with Crippen LogP contribution in [0.2, 0.25) is 0 Å². The molecule has 0 amide bonds. The van der Waals surface area contributed by atoms with E-state index in [4.69, 9.17) is 20.6 Å². The standard InChI is InChI=1S/C24H24BrFN6O3/c1-35-18-9-8-17(30-18)16-7-6-14(10-28-16)15-11-29-32-22(27)19(25)21(31-23(15)32)13-4-2-12(3-5-13)20(26)24(33)34/h6-8,10-13,20H,2-5,9,27H2,1H3,(H,33,34)/t12-,13+,20?. The van der Waals surface area contributed by atoms with Gasteiger partial charge in [-0.3, -0.25) is 4.98 Å². The lowest BCUT2D eigenvalue weighted by atomic mass is 9.78. The highest BCUT2D eigenvalue weighted by Gasteiger charge is 2.34. The largest absolute Gasteiger partial charge is 0.484 e. The number of fused-ring (bicyclic) bond motifs is 1. The molecule has 1 fully saturated rings. The Bertz CT molecular complexity index is 1350. The molecule has 0 spiro atoms. The topological polar surface area (TPSA) is 128 Å². The van der Waals surface area contributed by atoms with Crippen molar-refractivity contribution in [3.63, 3.8) is 0 Å². The number of rotatable bonds is 5. The zero-order valence-corrected chi connectivity index (χ0v) is 20.6. The molecule has 0 saturated heterocycles. The van der Waals surface area contributed by atoms with E-state index in [-0.39, 0.29) is 5.92 Å². The molecule has 3 aromatic heterocycles.